The summed E-state index contributed by atoms with van der Waals surface area (Å²) in [6, 6.07) is 22.0. The third-order valence-electron chi connectivity index (χ3n) is 6.25. The van der Waals surface area contributed by atoms with Crippen LogP contribution < -0.4 is 9.62 Å². The Morgan fingerprint density at radius 2 is 1.68 bits per heavy atom. The lowest BCUT2D eigenvalue weighted by molar-refractivity contribution is -0.119. The first-order valence-electron chi connectivity index (χ1n) is 12.2. The van der Waals surface area contributed by atoms with Gasteiger partial charge in [0.2, 0.25) is 5.91 Å². The van der Waals surface area contributed by atoms with E-state index in [1.807, 2.05) is 37.4 Å². The molecule has 3 aromatic carbocycles. The average molecular weight is 540 g/mol. The minimum absolute atomic E-state index is 0.148. The summed E-state index contributed by atoms with van der Waals surface area (Å²) in [5, 5.41) is 2.90. The Morgan fingerprint density at radius 1 is 1.00 bits per heavy atom. The van der Waals surface area contributed by atoms with Crippen molar-refractivity contribution in [2.75, 3.05) is 43.4 Å². The van der Waals surface area contributed by atoms with Gasteiger partial charge in [0, 0.05) is 31.1 Å². The topological polar surface area (TPSA) is 79.0 Å². The van der Waals surface area contributed by atoms with Crippen molar-refractivity contribution in [3.8, 4) is 0 Å². The van der Waals surface area contributed by atoms with Gasteiger partial charge >= 0.3 is 0 Å². The predicted molar refractivity (Wildman–Crippen MR) is 148 cm³/mol. The molecule has 9 heteroatoms. The monoisotopic (exact) mass is 539 g/mol. The summed E-state index contributed by atoms with van der Waals surface area (Å²) < 4.78 is 33.8. The fourth-order valence-electron chi connectivity index (χ4n) is 4.14. The van der Waals surface area contributed by atoms with E-state index in [0.717, 1.165) is 48.9 Å². The molecule has 37 heavy (non-hydrogen) atoms. The van der Waals surface area contributed by atoms with E-state index in [1.54, 1.807) is 36.4 Å². The Morgan fingerprint density at radius 3 is 2.35 bits per heavy atom. The largest absolute Gasteiger partial charge is 0.379 e. The van der Waals surface area contributed by atoms with Gasteiger partial charge in [-0.1, -0.05) is 42.0 Å². The van der Waals surface area contributed by atoms with Gasteiger partial charge in [-0.25, -0.2) is 8.42 Å². The second kappa shape index (κ2) is 12.6. The standard InChI is InChI=1S/C28H33N3O4S2/c1-22-6-8-25(9-7-22)31(37(33,34)27-12-10-26(36-2)11-13-27)21-28(32)29-19-23-4-3-5-24(18-23)20-30-14-16-35-17-15-30/h3-13,18H,14-17,19-21H2,1-2H3,(H,29,32). The molecule has 196 valence electrons. The SMILES string of the molecule is CSc1ccc(S(=O)(=O)N(CC(=O)NCc2cccc(CN3CCOCC3)c2)c2ccc(C)cc2)cc1. The minimum atomic E-state index is -3.95. The zero-order valence-corrected chi connectivity index (χ0v) is 22.9. The van der Waals surface area contributed by atoms with E-state index in [4.69, 9.17) is 4.74 Å². The maximum absolute atomic E-state index is 13.6. The van der Waals surface area contributed by atoms with E-state index in [2.05, 4.69) is 22.3 Å². The lowest BCUT2D eigenvalue weighted by Crippen LogP contribution is -2.40. The number of amides is 1. The number of thioether (sulfide) groups is 1. The molecule has 1 heterocycles. The lowest BCUT2D eigenvalue weighted by Gasteiger charge is -2.26. The van der Waals surface area contributed by atoms with Crippen LogP contribution in [0.1, 0.15) is 16.7 Å². The number of morpholine rings is 1. The summed E-state index contributed by atoms with van der Waals surface area (Å²) in [4.78, 5) is 16.5. The van der Waals surface area contributed by atoms with Crippen LogP contribution in [0.3, 0.4) is 0 Å². The summed E-state index contributed by atoms with van der Waals surface area (Å²) in [6.07, 6.45) is 1.94. The Bertz CT molecular complexity index is 1290. The zero-order valence-electron chi connectivity index (χ0n) is 21.2. The summed E-state index contributed by atoms with van der Waals surface area (Å²) in [6.45, 7) is 6.08. The molecule has 0 saturated carbocycles. The van der Waals surface area contributed by atoms with Crippen LogP contribution in [0.5, 0.6) is 0 Å². The van der Waals surface area contributed by atoms with Gasteiger partial charge in [-0.2, -0.15) is 0 Å². The Hall–Kier alpha value is -2.85. The molecule has 3 aromatic rings. The highest BCUT2D eigenvalue weighted by molar-refractivity contribution is 7.98. The van der Waals surface area contributed by atoms with Gasteiger partial charge in [-0.3, -0.25) is 14.0 Å². The normalized spacial score (nSPS) is 14.3. The van der Waals surface area contributed by atoms with Crippen LogP contribution in [-0.2, 0) is 32.6 Å². The van der Waals surface area contributed by atoms with E-state index in [1.165, 1.54) is 21.6 Å². The van der Waals surface area contributed by atoms with E-state index in [9.17, 15) is 13.2 Å². The number of hydrogen-bond donors (Lipinski definition) is 1. The van der Waals surface area contributed by atoms with Gasteiger partial charge < -0.3 is 10.1 Å². The van der Waals surface area contributed by atoms with Crippen LogP contribution in [-0.4, -0.2) is 58.3 Å². The van der Waals surface area contributed by atoms with E-state index in [0.29, 0.717) is 12.2 Å². The summed E-state index contributed by atoms with van der Waals surface area (Å²) in [5.41, 5.74) is 3.59. The fraction of sp³-hybridized carbons (Fsp3) is 0.321. The molecule has 0 atom stereocenters. The molecule has 1 saturated heterocycles. The van der Waals surface area contributed by atoms with Crippen molar-refractivity contribution < 1.29 is 17.9 Å². The summed E-state index contributed by atoms with van der Waals surface area (Å²) in [5.74, 6) is -0.372. The smallest absolute Gasteiger partial charge is 0.264 e. The Kier molecular flexibility index (Phi) is 9.26. The molecular formula is C28H33N3O4S2. The fourth-order valence-corrected chi connectivity index (χ4v) is 5.97. The first-order chi connectivity index (χ1) is 17.8. The molecule has 1 aliphatic heterocycles. The maximum Gasteiger partial charge on any atom is 0.264 e. The van der Waals surface area contributed by atoms with Crippen LogP contribution in [0, 0.1) is 6.92 Å². The number of benzene rings is 3. The molecule has 0 radical (unpaired) electrons. The summed E-state index contributed by atoms with van der Waals surface area (Å²) >= 11 is 1.54. The number of anilines is 1. The van der Waals surface area contributed by atoms with Crippen LogP contribution in [0.4, 0.5) is 5.69 Å². The number of aryl methyl sites for hydroxylation is 1. The molecule has 0 aliphatic carbocycles. The average Bonchev–Trinajstić information content (AvgIpc) is 2.92. The molecule has 4 rings (SSSR count). The van der Waals surface area contributed by atoms with Crippen LogP contribution in [0.2, 0.25) is 0 Å². The van der Waals surface area contributed by atoms with E-state index in [-0.39, 0.29) is 17.3 Å². The number of carbonyl (C=O) groups is 1. The van der Waals surface area contributed by atoms with Crippen molar-refractivity contribution >= 4 is 33.4 Å². The highest BCUT2D eigenvalue weighted by atomic mass is 32.2. The molecule has 1 aliphatic rings. The maximum atomic E-state index is 13.6. The van der Waals surface area contributed by atoms with Crippen LogP contribution >= 0.6 is 11.8 Å². The third kappa shape index (κ3) is 7.35. The highest BCUT2D eigenvalue weighted by Crippen LogP contribution is 2.25. The lowest BCUT2D eigenvalue weighted by atomic mass is 10.1. The number of carbonyl (C=O) groups excluding carboxylic acids is 1. The second-order valence-corrected chi connectivity index (χ2v) is 11.7. The van der Waals surface area contributed by atoms with E-state index >= 15 is 0 Å². The van der Waals surface area contributed by atoms with Gasteiger partial charge in [0.1, 0.15) is 6.54 Å². The van der Waals surface area contributed by atoms with Crippen LogP contribution in [0.25, 0.3) is 0 Å². The third-order valence-corrected chi connectivity index (χ3v) is 8.78. The molecule has 0 spiro atoms. The molecule has 7 nitrogen and oxygen atoms in total. The number of rotatable bonds is 10. The van der Waals surface area contributed by atoms with Crippen molar-refractivity contribution in [2.45, 2.75) is 29.8 Å². The predicted octanol–water partition coefficient (Wildman–Crippen LogP) is 4.06. The molecule has 0 aromatic heterocycles. The van der Waals surface area contributed by atoms with Crippen molar-refractivity contribution in [3.63, 3.8) is 0 Å². The molecule has 0 unspecified atom stereocenters. The quantitative estimate of drug-likeness (QED) is 0.392. The van der Waals surface area contributed by atoms with Crippen molar-refractivity contribution in [3.05, 3.63) is 89.5 Å². The molecule has 0 bridgehead atoms. The Balaban J connectivity index is 1.46. The molecule has 1 amide bonds. The minimum Gasteiger partial charge on any atom is -0.379 e. The molecular weight excluding hydrogens is 506 g/mol. The second-order valence-electron chi connectivity index (χ2n) is 9.01. The van der Waals surface area contributed by atoms with Gasteiger partial charge in [0.25, 0.3) is 10.0 Å². The number of sulfonamides is 1. The first-order valence-corrected chi connectivity index (χ1v) is 14.9. The van der Waals surface area contributed by atoms with Crippen molar-refractivity contribution in [1.29, 1.82) is 0 Å². The number of ether oxygens (including phenoxy) is 1. The van der Waals surface area contributed by atoms with Crippen molar-refractivity contribution in [1.82, 2.24) is 10.2 Å². The Labute approximate surface area is 223 Å². The summed E-state index contributed by atoms with van der Waals surface area (Å²) in [7, 11) is -3.95. The van der Waals surface area contributed by atoms with Crippen LogP contribution in [0.15, 0.2) is 82.6 Å². The molecule has 1 N–H and O–H groups in total. The first kappa shape index (κ1) is 27.2. The van der Waals surface area contributed by atoms with Gasteiger partial charge in [0.05, 0.1) is 23.8 Å². The van der Waals surface area contributed by atoms with Crippen molar-refractivity contribution in [2.24, 2.45) is 0 Å². The number of nitrogens with zero attached hydrogens (tertiary/aromatic N) is 2. The highest BCUT2D eigenvalue weighted by Gasteiger charge is 2.27. The van der Waals surface area contributed by atoms with Gasteiger partial charge in [-0.05, 0) is 60.7 Å². The number of nitrogens with one attached hydrogen (secondary N) is 1. The van der Waals surface area contributed by atoms with Gasteiger partial charge in [0.15, 0.2) is 0 Å². The number of hydrogen-bond acceptors (Lipinski definition) is 6. The molecule has 1 fully saturated rings. The van der Waals surface area contributed by atoms with E-state index < -0.39 is 10.0 Å². The van der Waals surface area contributed by atoms with Gasteiger partial charge in [-0.15, -0.1) is 11.8 Å². The zero-order chi connectivity index (χ0) is 26.3.